The molecule has 1 N–H and O–H groups in total. The molecule has 0 aliphatic carbocycles. The number of nitrogens with zero attached hydrogens (tertiary/aromatic N) is 3. The summed E-state index contributed by atoms with van der Waals surface area (Å²) >= 11 is 6.69. The molecule has 3 rings (SSSR count). The first-order chi connectivity index (χ1) is 14.6. The summed E-state index contributed by atoms with van der Waals surface area (Å²) in [6.07, 6.45) is 2.32. The zero-order valence-corrected chi connectivity index (χ0v) is 22.0. The Bertz CT molecular complexity index is 873. The van der Waals surface area contributed by atoms with Gasteiger partial charge in [-0.2, -0.15) is 0 Å². The third kappa shape index (κ3) is 6.01. The number of amides is 1. The highest BCUT2D eigenvalue weighted by molar-refractivity contribution is 9.11. The lowest BCUT2D eigenvalue weighted by atomic mass is 9.99. The molecule has 0 bridgehead atoms. The van der Waals surface area contributed by atoms with Crippen LogP contribution in [-0.4, -0.2) is 84.6 Å². The SMILES string of the molecule is CCS(=O)(=O)N1CCC(N2CCN(C(=O)[C@H](C)Cc3cc(Br)c(O)c(Br)c3)CC2)CC1. The maximum absolute atomic E-state index is 13.0. The van der Waals surface area contributed by atoms with Crippen LogP contribution in [0.5, 0.6) is 5.75 Å². The molecule has 1 atom stereocenters. The van der Waals surface area contributed by atoms with Crippen LogP contribution in [0, 0.1) is 5.92 Å². The minimum atomic E-state index is -3.10. The number of rotatable bonds is 6. The van der Waals surface area contributed by atoms with Crippen molar-refractivity contribution < 1.29 is 18.3 Å². The topological polar surface area (TPSA) is 81.2 Å². The second-order valence-electron chi connectivity index (χ2n) is 8.41. The number of hydrogen-bond donors (Lipinski definition) is 1. The van der Waals surface area contributed by atoms with Gasteiger partial charge in [0.1, 0.15) is 5.75 Å². The Kier molecular flexibility index (Phi) is 8.45. The summed E-state index contributed by atoms with van der Waals surface area (Å²) in [6, 6.07) is 4.10. The number of aromatic hydroxyl groups is 1. The van der Waals surface area contributed by atoms with Crippen molar-refractivity contribution in [2.24, 2.45) is 5.92 Å². The molecule has 0 radical (unpaired) electrons. The molecule has 2 aliphatic rings. The lowest BCUT2D eigenvalue weighted by Gasteiger charge is -2.42. The number of hydrogen-bond acceptors (Lipinski definition) is 5. The van der Waals surface area contributed by atoms with Gasteiger partial charge in [0.2, 0.25) is 15.9 Å². The summed E-state index contributed by atoms with van der Waals surface area (Å²) in [5, 5.41) is 9.87. The molecule has 10 heteroatoms. The van der Waals surface area contributed by atoms with Crippen molar-refractivity contribution in [2.45, 2.75) is 39.2 Å². The average Bonchev–Trinajstić information content (AvgIpc) is 2.77. The predicted octanol–water partition coefficient (Wildman–Crippen LogP) is 3.05. The van der Waals surface area contributed by atoms with E-state index in [-0.39, 0.29) is 23.3 Å². The Balaban J connectivity index is 1.49. The summed E-state index contributed by atoms with van der Waals surface area (Å²) in [5.41, 5.74) is 0.991. The Morgan fingerprint density at radius 2 is 1.65 bits per heavy atom. The first-order valence-electron chi connectivity index (χ1n) is 10.8. The average molecular weight is 581 g/mol. The molecule has 31 heavy (non-hydrogen) atoms. The van der Waals surface area contributed by atoms with Crippen LogP contribution in [0.1, 0.15) is 32.3 Å². The molecule has 0 unspecified atom stereocenters. The molecule has 1 aromatic carbocycles. The number of sulfonamides is 1. The molecule has 2 fully saturated rings. The summed E-state index contributed by atoms with van der Waals surface area (Å²) < 4.78 is 27.0. The number of piperidine rings is 1. The van der Waals surface area contributed by atoms with Gasteiger partial charge in [-0.15, -0.1) is 0 Å². The van der Waals surface area contributed by atoms with Gasteiger partial charge < -0.3 is 10.0 Å². The van der Waals surface area contributed by atoms with Crippen LogP contribution < -0.4 is 0 Å². The van der Waals surface area contributed by atoms with Gasteiger partial charge in [0.25, 0.3) is 0 Å². The van der Waals surface area contributed by atoms with Gasteiger partial charge in [0, 0.05) is 51.2 Å². The maximum atomic E-state index is 13.0. The fraction of sp³-hybridized carbons (Fsp3) is 0.667. The summed E-state index contributed by atoms with van der Waals surface area (Å²) in [7, 11) is -3.10. The van der Waals surface area contributed by atoms with Crippen LogP contribution >= 0.6 is 31.9 Å². The molecule has 0 spiro atoms. The van der Waals surface area contributed by atoms with E-state index in [1.54, 1.807) is 11.2 Å². The second kappa shape index (κ2) is 10.5. The highest BCUT2D eigenvalue weighted by atomic mass is 79.9. The Labute approximate surface area is 202 Å². The van der Waals surface area contributed by atoms with Crippen molar-refractivity contribution in [1.29, 1.82) is 0 Å². The van der Waals surface area contributed by atoms with Gasteiger partial charge in [-0.25, -0.2) is 12.7 Å². The van der Waals surface area contributed by atoms with Gasteiger partial charge in [-0.3, -0.25) is 9.69 Å². The number of carbonyl (C=O) groups excluding carboxylic acids is 1. The molecule has 0 saturated carbocycles. The van der Waals surface area contributed by atoms with Gasteiger partial charge in [-0.05, 0) is 75.7 Å². The summed E-state index contributed by atoms with van der Waals surface area (Å²) in [5.74, 6) is 0.340. The summed E-state index contributed by atoms with van der Waals surface area (Å²) in [4.78, 5) is 17.3. The lowest BCUT2D eigenvalue weighted by Crippen LogP contribution is -2.55. The van der Waals surface area contributed by atoms with E-state index in [4.69, 9.17) is 0 Å². The van der Waals surface area contributed by atoms with Gasteiger partial charge >= 0.3 is 0 Å². The maximum Gasteiger partial charge on any atom is 0.225 e. The molecule has 2 aliphatic heterocycles. The van der Waals surface area contributed by atoms with Crippen molar-refractivity contribution in [1.82, 2.24) is 14.1 Å². The van der Waals surface area contributed by atoms with E-state index in [0.717, 1.165) is 31.5 Å². The lowest BCUT2D eigenvalue weighted by molar-refractivity contribution is -0.137. The first-order valence-corrected chi connectivity index (χ1v) is 14.0. The number of carbonyl (C=O) groups is 1. The van der Waals surface area contributed by atoms with E-state index in [0.29, 0.717) is 47.6 Å². The van der Waals surface area contributed by atoms with Gasteiger partial charge in [0.15, 0.2) is 0 Å². The number of halogens is 2. The Morgan fingerprint density at radius 3 is 2.16 bits per heavy atom. The van der Waals surface area contributed by atoms with E-state index in [1.807, 2.05) is 24.0 Å². The van der Waals surface area contributed by atoms with Crippen LogP contribution in [0.3, 0.4) is 0 Å². The minimum Gasteiger partial charge on any atom is -0.506 e. The minimum absolute atomic E-state index is 0.141. The van der Waals surface area contributed by atoms with Crippen molar-refractivity contribution in [3.63, 3.8) is 0 Å². The van der Waals surface area contributed by atoms with Crippen molar-refractivity contribution in [3.8, 4) is 5.75 Å². The molecule has 1 aromatic rings. The van der Waals surface area contributed by atoms with E-state index >= 15 is 0 Å². The summed E-state index contributed by atoms with van der Waals surface area (Å²) in [6.45, 7) is 7.91. The Morgan fingerprint density at radius 1 is 1.10 bits per heavy atom. The molecule has 174 valence electrons. The molecule has 0 aromatic heterocycles. The monoisotopic (exact) mass is 579 g/mol. The van der Waals surface area contributed by atoms with Crippen LogP contribution in [0.15, 0.2) is 21.1 Å². The van der Waals surface area contributed by atoms with Gasteiger partial charge in [-0.1, -0.05) is 6.92 Å². The quantitative estimate of drug-likeness (QED) is 0.559. The van der Waals surface area contributed by atoms with Gasteiger partial charge in [0.05, 0.1) is 14.7 Å². The second-order valence-corrected chi connectivity index (χ2v) is 12.4. The molecular formula is C21H31Br2N3O4S. The van der Waals surface area contributed by atoms with Crippen molar-refractivity contribution in [2.75, 3.05) is 45.0 Å². The fourth-order valence-electron chi connectivity index (χ4n) is 4.46. The van der Waals surface area contributed by atoms with Crippen LogP contribution in [0.25, 0.3) is 0 Å². The van der Waals surface area contributed by atoms with E-state index in [1.165, 1.54) is 0 Å². The number of phenols is 1. The standard InChI is InChI=1S/C21H31Br2N3O4S/c1-3-31(29,30)26-6-4-17(5-7-26)24-8-10-25(11-9-24)21(28)15(2)12-16-13-18(22)20(27)19(23)14-16/h13-15,17,27H,3-12H2,1-2H3/t15-/m1/s1. The third-order valence-corrected chi connectivity index (χ3v) is 9.45. The van der Waals surface area contributed by atoms with E-state index in [2.05, 4.69) is 36.8 Å². The van der Waals surface area contributed by atoms with E-state index < -0.39 is 10.0 Å². The highest BCUT2D eigenvalue weighted by Crippen LogP contribution is 2.34. The largest absolute Gasteiger partial charge is 0.506 e. The highest BCUT2D eigenvalue weighted by Gasteiger charge is 2.32. The van der Waals surface area contributed by atoms with Crippen LogP contribution in [-0.2, 0) is 21.2 Å². The van der Waals surface area contributed by atoms with Crippen molar-refractivity contribution >= 4 is 47.8 Å². The first kappa shape index (κ1) is 25.0. The molecule has 7 nitrogen and oxygen atoms in total. The smallest absolute Gasteiger partial charge is 0.225 e. The molecule has 1 amide bonds. The molecule has 2 heterocycles. The normalized spacial score (nSPS) is 20.7. The fourth-order valence-corrected chi connectivity index (χ4v) is 6.88. The molecular weight excluding hydrogens is 550 g/mol. The molecule has 2 saturated heterocycles. The van der Waals surface area contributed by atoms with Crippen LogP contribution in [0.4, 0.5) is 0 Å². The predicted molar refractivity (Wildman–Crippen MR) is 129 cm³/mol. The number of benzene rings is 1. The number of phenolic OH excluding ortho intramolecular Hbond substituents is 1. The Hall–Kier alpha value is -0.680. The zero-order chi connectivity index (χ0) is 22.8. The van der Waals surface area contributed by atoms with Crippen molar-refractivity contribution in [3.05, 3.63) is 26.6 Å². The van der Waals surface area contributed by atoms with Crippen LogP contribution in [0.2, 0.25) is 0 Å². The number of piperazine rings is 1. The van der Waals surface area contributed by atoms with E-state index in [9.17, 15) is 18.3 Å². The third-order valence-electron chi connectivity index (χ3n) is 6.36. The zero-order valence-electron chi connectivity index (χ0n) is 18.1.